The number of anilines is 1. The number of halogens is 1. The average molecular weight is 430 g/mol. The van der Waals surface area contributed by atoms with Crippen LogP contribution in [0.15, 0.2) is 58.4 Å². The molecular weight excluding hydrogens is 414 g/mol. The molecule has 3 amide bonds. The van der Waals surface area contributed by atoms with Crippen molar-refractivity contribution < 1.29 is 19.1 Å². The van der Waals surface area contributed by atoms with Gasteiger partial charge >= 0.3 is 0 Å². The lowest BCUT2D eigenvalue weighted by Gasteiger charge is -2.08. The minimum atomic E-state index is -0.405. The number of hydrogen-bond donors (Lipinski definition) is 2. The number of amidine groups is 1. The zero-order chi connectivity index (χ0) is 20.8. The maximum atomic E-state index is 11.9. The molecule has 1 heterocycles. The lowest BCUT2D eigenvalue weighted by molar-refractivity contribution is -0.118. The number of thioether (sulfide) groups is 1. The van der Waals surface area contributed by atoms with E-state index in [1.165, 1.54) is 6.92 Å². The van der Waals surface area contributed by atoms with E-state index in [-0.39, 0.29) is 23.6 Å². The van der Waals surface area contributed by atoms with Crippen LogP contribution in [0.4, 0.5) is 5.69 Å². The van der Waals surface area contributed by atoms with E-state index >= 15 is 0 Å². The number of nitrogens with zero attached hydrogens (tertiary/aromatic N) is 1. The molecule has 0 spiro atoms. The first-order valence-electron chi connectivity index (χ1n) is 8.47. The Labute approximate surface area is 176 Å². The standard InChI is InChI=1S/C20H16ClN3O4S/c1-12(25)22-20-24-19(27)17(29-20)10-13-2-8-16(9-3-13)28-11-18(26)23-15-6-4-14(21)5-7-15/h2-10H,11H2,1H3,(H,23,26)(H,22,24,25,27)/b17-10-. The maximum Gasteiger partial charge on any atom is 0.286 e. The van der Waals surface area contributed by atoms with Gasteiger partial charge in [-0.3, -0.25) is 14.4 Å². The number of amides is 3. The summed E-state index contributed by atoms with van der Waals surface area (Å²) in [4.78, 5) is 39.1. The largest absolute Gasteiger partial charge is 0.484 e. The molecule has 9 heteroatoms. The van der Waals surface area contributed by atoms with Crippen LogP contribution in [0.25, 0.3) is 6.08 Å². The van der Waals surface area contributed by atoms with Crippen molar-refractivity contribution in [2.45, 2.75) is 6.92 Å². The molecule has 0 radical (unpaired) electrons. The van der Waals surface area contributed by atoms with E-state index in [4.69, 9.17) is 16.3 Å². The second-order valence-corrected chi connectivity index (χ2v) is 7.39. The quantitative estimate of drug-likeness (QED) is 0.709. The summed E-state index contributed by atoms with van der Waals surface area (Å²) in [5.74, 6) is -0.474. The fraction of sp³-hybridized carbons (Fsp3) is 0.100. The van der Waals surface area contributed by atoms with E-state index in [1.54, 1.807) is 54.6 Å². The molecule has 148 valence electrons. The number of benzene rings is 2. The zero-order valence-corrected chi connectivity index (χ0v) is 16.8. The highest BCUT2D eigenvalue weighted by Crippen LogP contribution is 2.28. The summed E-state index contributed by atoms with van der Waals surface area (Å²) < 4.78 is 5.47. The first-order valence-corrected chi connectivity index (χ1v) is 9.67. The van der Waals surface area contributed by atoms with Gasteiger partial charge in [0.15, 0.2) is 11.8 Å². The first kappa shape index (κ1) is 20.6. The monoisotopic (exact) mass is 429 g/mol. The SMILES string of the molecule is CC(=O)NC1=NC(=O)/C(=C/c2ccc(OCC(=O)Nc3ccc(Cl)cc3)cc2)S1. The summed E-state index contributed by atoms with van der Waals surface area (Å²) in [5.41, 5.74) is 1.39. The third kappa shape index (κ3) is 6.20. The second-order valence-electron chi connectivity index (χ2n) is 5.93. The van der Waals surface area contributed by atoms with Crippen molar-refractivity contribution in [3.05, 3.63) is 64.0 Å². The molecule has 0 saturated heterocycles. The smallest absolute Gasteiger partial charge is 0.286 e. The zero-order valence-electron chi connectivity index (χ0n) is 15.3. The summed E-state index contributed by atoms with van der Waals surface area (Å²) in [6.07, 6.45) is 1.67. The highest BCUT2D eigenvalue weighted by Gasteiger charge is 2.22. The molecule has 2 N–H and O–H groups in total. The molecule has 0 aliphatic carbocycles. The van der Waals surface area contributed by atoms with Gasteiger partial charge in [0.05, 0.1) is 4.91 Å². The van der Waals surface area contributed by atoms with Crippen molar-refractivity contribution >= 4 is 58.0 Å². The maximum absolute atomic E-state index is 11.9. The van der Waals surface area contributed by atoms with E-state index < -0.39 is 5.91 Å². The Morgan fingerprint density at radius 2 is 1.79 bits per heavy atom. The van der Waals surface area contributed by atoms with Gasteiger partial charge in [0.25, 0.3) is 11.8 Å². The van der Waals surface area contributed by atoms with Crippen LogP contribution in [0.5, 0.6) is 5.75 Å². The molecule has 1 aliphatic heterocycles. The van der Waals surface area contributed by atoms with Crippen LogP contribution in [-0.4, -0.2) is 29.5 Å². The Kier molecular flexibility index (Phi) is 6.69. The van der Waals surface area contributed by atoms with Crippen LogP contribution in [0.2, 0.25) is 5.02 Å². The highest BCUT2D eigenvalue weighted by molar-refractivity contribution is 8.18. The Hall–Kier alpha value is -3.10. The van der Waals surface area contributed by atoms with E-state index in [2.05, 4.69) is 15.6 Å². The fourth-order valence-corrected chi connectivity index (χ4v) is 3.29. The van der Waals surface area contributed by atoms with Crippen LogP contribution >= 0.6 is 23.4 Å². The topological polar surface area (TPSA) is 96.9 Å². The fourth-order valence-electron chi connectivity index (χ4n) is 2.30. The summed E-state index contributed by atoms with van der Waals surface area (Å²) in [6.45, 7) is 1.20. The Bertz CT molecular complexity index is 1000. The summed E-state index contributed by atoms with van der Waals surface area (Å²) in [5, 5.41) is 6.05. The Balaban J connectivity index is 1.52. The number of ether oxygens (including phenoxy) is 1. The molecular formula is C20H16ClN3O4S. The van der Waals surface area contributed by atoms with Gasteiger partial charge in [0.2, 0.25) is 5.91 Å². The van der Waals surface area contributed by atoms with E-state index in [1.807, 2.05) is 0 Å². The van der Waals surface area contributed by atoms with Crippen molar-refractivity contribution in [3.63, 3.8) is 0 Å². The van der Waals surface area contributed by atoms with Crippen molar-refractivity contribution in [3.8, 4) is 5.75 Å². The molecule has 1 aliphatic rings. The predicted octanol–water partition coefficient (Wildman–Crippen LogP) is 3.46. The Morgan fingerprint density at radius 1 is 1.10 bits per heavy atom. The van der Waals surface area contributed by atoms with Gasteiger partial charge in [0.1, 0.15) is 5.75 Å². The van der Waals surface area contributed by atoms with E-state index in [9.17, 15) is 14.4 Å². The molecule has 29 heavy (non-hydrogen) atoms. The number of hydrogen-bond acceptors (Lipinski definition) is 5. The van der Waals surface area contributed by atoms with Crippen molar-refractivity contribution in [1.82, 2.24) is 5.32 Å². The highest BCUT2D eigenvalue weighted by atomic mass is 35.5. The number of rotatable bonds is 5. The molecule has 3 rings (SSSR count). The number of carbonyl (C=O) groups excluding carboxylic acids is 3. The van der Waals surface area contributed by atoms with Gasteiger partial charge in [-0.1, -0.05) is 23.7 Å². The van der Waals surface area contributed by atoms with Crippen LogP contribution in [0, 0.1) is 0 Å². The lowest BCUT2D eigenvalue weighted by atomic mass is 10.2. The average Bonchev–Trinajstić information content (AvgIpc) is 3.01. The van der Waals surface area contributed by atoms with Crippen molar-refractivity contribution in [2.24, 2.45) is 4.99 Å². The lowest BCUT2D eigenvalue weighted by Crippen LogP contribution is -2.23. The van der Waals surface area contributed by atoms with Gasteiger partial charge in [-0.2, -0.15) is 4.99 Å². The van der Waals surface area contributed by atoms with Gasteiger partial charge in [-0.05, 0) is 59.8 Å². The summed E-state index contributed by atoms with van der Waals surface area (Å²) in [7, 11) is 0. The second kappa shape index (κ2) is 9.40. The molecule has 0 fully saturated rings. The van der Waals surface area contributed by atoms with Crippen LogP contribution in [-0.2, 0) is 14.4 Å². The van der Waals surface area contributed by atoms with Crippen molar-refractivity contribution in [2.75, 3.05) is 11.9 Å². The third-order valence-corrected chi connectivity index (χ3v) is 4.73. The molecule has 0 saturated carbocycles. The summed E-state index contributed by atoms with van der Waals surface area (Å²) >= 11 is 6.91. The molecule has 7 nitrogen and oxygen atoms in total. The van der Waals surface area contributed by atoms with E-state index in [0.717, 1.165) is 17.3 Å². The summed E-state index contributed by atoms with van der Waals surface area (Å²) in [6, 6.07) is 13.7. The third-order valence-electron chi connectivity index (χ3n) is 3.58. The minimum absolute atomic E-state index is 0.148. The number of carbonyl (C=O) groups is 3. The first-order chi connectivity index (χ1) is 13.9. The molecule has 2 aromatic carbocycles. The molecule has 2 aromatic rings. The van der Waals surface area contributed by atoms with Gasteiger partial charge in [0, 0.05) is 17.6 Å². The van der Waals surface area contributed by atoms with Crippen LogP contribution < -0.4 is 15.4 Å². The van der Waals surface area contributed by atoms with Crippen LogP contribution in [0.1, 0.15) is 12.5 Å². The molecule has 0 aromatic heterocycles. The molecule has 0 atom stereocenters. The van der Waals surface area contributed by atoms with E-state index in [0.29, 0.717) is 21.4 Å². The normalized spacial score (nSPS) is 14.5. The van der Waals surface area contributed by atoms with Gasteiger partial charge in [-0.25, -0.2) is 0 Å². The molecule has 0 unspecified atom stereocenters. The van der Waals surface area contributed by atoms with Crippen LogP contribution in [0.3, 0.4) is 0 Å². The number of nitrogens with one attached hydrogen (secondary N) is 2. The predicted molar refractivity (Wildman–Crippen MR) is 114 cm³/mol. The van der Waals surface area contributed by atoms with Gasteiger partial charge < -0.3 is 15.4 Å². The minimum Gasteiger partial charge on any atom is -0.484 e. The Morgan fingerprint density at radius 3 is 2.45 bits per heavy atom. The number of aliphatic imine (C=N–C) groups is 1. The van der Waals surface area contributed by atoms with Gasteiger partial charge in [-0.15, -0.1) is 0 Å². The van der Waals surface area contributed by atoms with Crippen molar-refractivity contribution in [1.29, 1.82) is 0 Å². The molecule has 0 bridgehead atoms.